The van der Waals surface area contributed by atoms with Crippen molar-refractivity contribution in [3.05, 3.63) is 76.8 Å². The molecule has 11 nitrogen and oxygen atoms in total. The predicted octanol–water partition coefficient (Wildman–Crippen LogP) is 4.70. The van der Waals surface area contributed by atoms with Crippen molar-refractivity contribution in [1.82, 2.24) is 4.57 Å². The molecule has 2 heterocycles. The highest BCUT2D eigenvalue weighted by Gasteiger charge is 2.30. The number of aryl methyl sites for hydroxylation is 2. The van der Waals surface area contributed by atoms with Gasteiger partial charge in [-0.2, -0.15) is 27.4 Å². The van der Waals surface area contributed by atoms with Gasteiger partial charge < -0.3 is 14.4 Å². The van der Waals surface area contributed by atoms with E-state index in [1.165, 1.54) is 0 Å². The maximum Gasteiger partial charge on any atom is 0.264 e. The quantitative estimate of drug-likeness (QED) is 0.270. The van der Waals surface area contributed by atoms with Gasteiger partial charge in [-0.1, -0.05) is 6.08 Å². The zero-order valence-corrected chi connectivity index (χ0v) is 25.6. The van der Waals surface area contributed by atoms with E-state index in [4.69, 9.17) is 0 Å². The zero-order chi connectivity index (χ0) is 31.4. The molecular formula is C30H33N5O6S2. The molecule has 0 radical (unpaired) electrons. The highest BCUT2D eigenvalue weighted by atomic mass is 32.2. The number of fused-ring (bicyclic) bond motifs is 2. The Kier molecular flexibility index (Phi) is 9.62. The predicted molar refractivity (Wildman–Crippen MR) is 167 cm³/mol. The smallest absolute Gasteiger partial charge is 0.264 e. The van der Waals surface area contributed by atoms with Gasteiger partial charge in [0.15, 0.2) is 0 Å². The third-order valence-corrected chi connectivity index (χ3v) is 8.93. The summed E-state index contributed by atoms with van der Waals surface area (Å²) in [7, 11) is -8.28. The molecule has 2 N–H and O–H groups in total. The van der Waals surface area contributed by atoms with Gasteiger partial charge in [-0.15, -0.1) is 0 Å². The SMILES string of the molecule is CCN1/C(=C\C=C\c2c(CCCS(=O)(=O)O)c3cc(C#N)ccc3n2CC)N(CCCS(=O)(=O)O)c2cc(C#N)ccc21. The van der Waals surface area contributed by atoms with E-state index in [0.717, 1.165) is 39.4 Å². The van der Waals surface area contributed by atoms with Crippen molar-refractivity contribution < 1.29 is 25.9 Å². The second-order valence-corrected chi connectivity index (χ2v) is 13.2. The van der Waals surface area contributed by atoms with Gasteiger partial charge in [-0.25, -0.2) is 0 Å². The summed E-state index contributed by atoms with van der Waals surface area (Å²) >= 11 is 0. The van der Waals surface area contributed by atoms with E-state index in [-0.39, 0.29) is 25.1 Å². The monoisotopic (exact) mass is 623 g/mol. The van der Waals surface area contributed by atoms with Gasteiger partial charge >= 0.3 is 0 Å². The summed E-state index contributed by atoms with van der Waals surface area (Å²) in [5.74, 6) is -0.0255. The first-order chi connectivity index (χ1) is 20.4. The van der Waals surface area contributed by atoms with Crippen LogP contribution in [0.1, 0.15) is 49.1 Å². The Balaban J connectivity index is 1.79. The molecule has 4 rings (SSSR count). The number of hydrogen-bond acceptors (Lipinski definition) is 8. The topological polar surface area (TPSA) is 168 Å². The lowest BCUT2D eigenvalue weighted by atomic mass is 10.0. The van der Waals surface area contributed by atoms with Crippen LogP contribution in [0.4, 0.5) is 11.4 Å². The van der Waals surface area contributed by atoms with Crippen molar-refractivity contribution in [2.24, 2.45) is 0 Å². The van der Waals surface area contributed by atoms with Crippen molar-refractivity contribution in [3.63, 3.8) is 0 Å². The van der Waals surface area contributed by atoms with Crippen molar-refractivity contribution in [3.8, 4) is 12.1 Å². The lowest BCUT2D eigenvalue weighted by Crippen LogP contribution is -2.29. The standard InChI is InChI=1S/C30H33N5O6S2/c1-3-33-26(24(8-6-16-42(36,37)38)25-18-22(20-31)11-13-27(25)33)9-5-10-30-34(4-2)28-14-12-23(21-32)19-29(28)35(30)15-7-17-43(39,40)41/h5,9-14,18-19H,3-4,6-8,15-17H2,1-2H3,(H,36,37,38)(H,39,40,41)/b9-5+,30-10+. The van der Waals surface area contributed by atoms with Crippen LogP contribution in [-0.2, 0) is 33.2 Å². The van der Waals surface area contributed by atoms with Crippen LogP contribution in [0, 0.1) is 22.7 Å². The van der Waals surface area contributed by atoms with E-state index >= 15 is 0 Å². The lowest BCUT2D eigenvalue weighted by molar-refractivity contribution is 0.479. The molecule has 1 aromatic heterocycles. The fourth-order valence-electron chi connectivity index (χ4n) is 5.55. The largest absolute Gasteiger partial charge is 0.341 e. The van der Waals surface area contributed by atoms with Crippen LogP contribution in [0.2, 0.25) is 0 Å². The molecule has 0 atom stereocenters. The van der Waals surface area contributed by atoms with Gasteiger partial charge in [0.25, 0.3) is 20.2 Å². The van der Waals surface area contributed by atoms with Gasteiger partial charge in [0.2, 0.25) is 0 Å². The molecule has 0 unspecified atom stereocenters. The lowest BCUT2D eigenvalue weighted by Gasteiger charge is -2.24. The van der Waals surface area contributed by atoms with Crippen molar-refractivity contribution >= 4 is 48.6 Å². The summed E-state index contributed by atoms with van der Waals surface area (Å²) in [5.41, 5.74) is 5.16. The second-order valence-electron chi connectivity index (χ2n) is 10.1. The van der Waals surface area contributed by atoms with E-state index in [1.807, 2.05) is 49.1 Å². The van der Waals surface area contributed by atoms with Gasteiger partial charge in [-0.05, 0) is 87.2 Å². The molecule has 1 aliphatic rings. The molecule has 0 bridgehead atoms. The molecule has 2 aromatic carbocycles. The first kappa shape index (κ1) is 31.8. The first-order valence-electron chi connectivity index (χ1n) is 13.8. The molecular weight excluding hydrogens is 590 g/mol. The van der Waals surface area contributed by atoms with Crippen molar-refractivity contribution in [2.75, 3.05) is 34.4 Å². The molecule has 0 amide bonds. The Morgan fingerprint density at radius 1 is 0.837 bits per heavy atom. The number of benzene rings is 2. The number of hydrogen-bond donors (Lipinski definition) is 2. The van der Waals surface area contributed by atoms with Crippen molar-refractivity contribution in [1.29, 1.82) is 10.5 Å². The average molecular weight is 624 g/mol. The van der Waals surface area contributed by atoms with Crippen LogP contribution in [0.5, 0.6) is 0 Å². The van der Waals surface area contributed by atoms with E-state index in [1.54, 1.807) is 24.3 Å². The number of rotatable bonds is 12. The molecule has 1 aliphatic heterocycles. The zero-order valence-electron chi connectivity index (χ0n) is 23.9. The Morgan fingerprint density at radius 2 is 1.49 bits per heavy atom. The Hall–Kier alpha value is -4.14. The van der Waals surface area contributed by atoms with Gasteiger partial charge in [0, 0.05) is 36.2 Å². The molecule has 43 heavy (non-hydrogen) atoms. The maximum atomic E-state index is 11.4. The normalized spacial score (nSPS) is 14.5. The summed E-state index contributed by atoms with van der Waals surface area (Å²) < 4.78 is 66.3. The Labute approximate surface area is 252 Å². The van der Waals surface area contributed by atoms with Gasteiger partial charge in [0.05, 0.1) is 46.1 Å². The third kappa shape index (κ3) is 7.27. The minimum absolute atomic E-state index is 0.164. The summed E-state index contributed by atoms with van der Waals surface area (Å²) in [4.78, 5) is 3.98. The molecule has 0 saturated carbocycles. The number of nitriles is 2. The summed E-state index contributed by atoms with van der Waals surface area (Å²) in [6, 6.07) is 15.0. The average Bonchev–Trinajstić information content (AvgIpc) is 3.41. The van der Waals surface area contributed by atoms with E-state index in [2.05, 4.69) is 21.6 Å². The van der Waals surface area contributed by atoms with E-state index in [9.17, 15) is 36.5 Å². The third-order valence-electron chi connectivity index (χ3n) is 7.33. The molecule has 0 saturated heterocycles. The van der Waals surface area contributed by atoms with Gasteiger partial charge in [0.1, 0.15) is 5.82 Å². The number of aromatic nitrogens is 1. The minimum Gasteiger partial charge on any atom is -0.341 e. The summed E-state index contributed by atoms with van der Waals surface area (Å²) in [6.07, 6.45) is 6.39. The molecule has 0 fully saturated rings. The summed E-state index contributed by atoms with van der Waals surface area (Å²) in [6.45, 7) is 5.47. The minimum atomic E-state index is -4.15. The van der Waals surface area contributed by atoms with Gasteiger partial charge in [-0.3, -0.25) is 9.11 Å². The van der Waals surface area contributed by atoms with Crippen LogP contribution >= 0.6 is 0 Å². The highest BCUT2D eigenvalue weighted by Crippen LogP contribution is 2.42. The first-order valence-corrected chi connectivity index (χ1v) is 17.1. The van der Waals surface area contributed by atoms with E-state index < -0.39 is 26.0 Å². The Morgan fingerprint density at radius 3 is 2.12 bits per heavy atom. The van der Waals surface area contributed by atoms with Crippen LogP contribution in [0.25, 0.3) is 17.0 Å². The Bertz CT molecular complexity index is 1900. The van der Waals surface area contributed by atoms with Crippen LogP contribution < -0.4 is 9.80 Å². The van der Waals surface area contributed by atoms with Crippen molar-refractivity contribution in [2.45, 2.75) is 39.7 Å². The molecule has 0 spiro atoms. The molecule has 0 aliphatic carbocycles. The highest BCUT2D eigenvalue weighted by molar-refractivity contribution is 7.86. The number of allylic oxidation sites excluding steroid dienone is 2. The fraction of sp³-hybridized carbons (Fsp3) is 0.333. The van der Waals surface area contributed by atoms with Crippen LogP contribution in [0.15, 0.2) is 54.4 Å². The second kappa shape index (κ2) is 13.0. The fourth-order valence-corrected chi connectivity index (χ4v) is 6.55. The van der Waals surface area contributed by atoms with Crippen LogP contribution in [-0.4, -0.2) is 55.1 Å². The number of anilines is 2. The van der Waals surface area contributed by atoms with E-state index in [0.29, 0.717) is 30.6 Å². The number of nitrogens with zero attached hydrogens (tertiary/aromatic N) is 5. The summed E-state index contributed by atoms with van der Waals surface area (Å²) in [5, 5.41) is 19.8. The molecule has 226 valence electrons. The molecule has 3 aromatic rings. The maximum absolute atomic E-state index is 11.4. The van der Waals surface area contributed by atoms with Crippen LogP contribution in [0.3, 0.4) is 0 Å². The molecule has 13 heteroatoms.